The Morgan fingerprint density at radius 1 is 1.58 bits per heavy atom. The smallest absolute Gasteiger partial charge is 0.311 e. The minimum absolute atomic E-state index is 0.0104. The first kappa shape index (κ1) is 11.5. The molecule has 1 N–H and O–H groups in total. The van der Waals surface area contributed by atoms with Crippen LogP contribution in [0.1, 0.15) is 13.3 Å². The summed E-state index contributed by atoms with van der Waals surface area (Å²) in [5.74, 6) is -1.93. The summed E-state index contributed by atoms with van der Waals surface area (Å²) in [5.41, 5.74) is 0. The Kier molecular flexibility index (Phi) is 4.93. The maximum atomic E-state index is 10.4. The minimum Gasteiger partial charge on any atom is -0.481 e. The van der Waals surface area contributed by atoms with Crippen molar-refractivity contribution < 1.29 is 14.7 Å². The van der Waals surface area contributed by atoms with Gasteiger partial charge in [-0.05, 0) is 6.92 Å². The summed E-state index contributed by atoms with van der Waals surface area (Å²) in [5, 5.41) is 8.60. The van der Waals surface area contributed by atoms with E-state index in [1.807, 2.05) is 0 Å². The second-order valence-corrected chi connectivity index (χ2v) is 3.05. The maximum Gasteiger partial charge on any atom is 0.311 e. The van der Waals surface area contributed by atoms with Gasteiger partial charge >= 0.3 is 5.97 Å². The fraction of sp³-hybridized carbons (Fsp3) is 0.429. The summed E-state index contributed by atoms with van der Waals surface area (Å²) in [7, 11) is 0. The zero-order chi connectivity index (χ0) is 9.72. The van der Waals surface area contributed by atoms with Crippen molar-refractivity contribution in [2.24, 2.45) is 5.92 Å². The fourth-order valence-electron chi connectivity index (χ4n) is 0.514. The summed E-state index contributed by atoms with van der Waals surface area (Å²) >= 11 is 11.1. The summed E-state index contributed by atoms with van der Waals surface area (Å²) in [4.78, 5) is 20.4. The van der Waals surface area contributed by atoms with Crippen LogP contribution >= 0.6 is 23.2 Å². The predicted molar refractivity (Wildman–Crippen MR) is 46.2 cm³/mol. The van der Waals surface area contributed by atoms with Crippen molar-refractivity contribution in [3.63, 3.8) is 0 Å². The van der Waals surface area contributed by atoms with E-state index in [0.29, 0.717) is 6.29 Å². The molecule has 0 aliphatic heterocycles. The quantitative estimate of drug-likeness (QED) is 0.723. The lowest BCUT2D eigenvalue weighted by Crippen LogP contribution is -2.10. The highest BCUT2D eigenvalue weighted by molar-refractivity contribution is 6.40. The Morgan fingerprint density at radius 3 is 2.42 bits per heavy atom. The van der Waals surface area contributed by atoms with Crippen molar-refractivity contribution in [2.45, 2.75) is 13.3 Å². The number of allylic oxidation sites excluding steroid dienone is 1. The zero-order valence-corrected chi connectivity index (χ0v) is 7.89. The first-order valence-corrected chi connectivity index (χ1v) is 3.96. The Labute approximate surface area is 80.0 Å². The lowest BCUT2D eigenvalue weighted by molar-refractivity contribution is -0.139. The molecule has 1 atom stereocenters. The molecule has 5 heteroatoms. The van der Waals surface area contributed by atoms with Gasteiger partial charge in [-0.25, -0.2) is 0 Å². The number of halogens is 2. The number of hydrogen-bond acceptors (Lipinski definition) is 2. The van der Waals surface area contributed by atoms with E-state index >= 15 is 0 Å². The normalized spacial score (nSPS) is 14.9. The highest BCUT2D eigenvalue weighted by Gasteiger charge is 2.17. The van der Waals surface area contributed by atoms with Gasteiger partial charge in [0, 0.05) is 16.5 Å². The first-order chi connectivity index (χ1) is 5.50. The van der Waals surface area contributed by atoms with E-state index in [1.165, 1.54) is 6.92 Å². The average molecular weight is 211 g/mol. The van der Waals surface area contributed by atoms with E-state index in [1.54, 1.807) is 0 Å². The zero-order valence-electron chi connectivity index (χ0n) is 6.38. The molecule has 0 aliphatic rings. The Morgan fingerprint density at radius 2 is 2.08 bits per heavy atom. The molecule has 0 amide bonds. The third-order valence-corrected chi connectivity index (χ3v) is 2.28. The minimum atomic E-state index is -1.07. The molecular formula is C7H8Cl2O3. The van der Waals surface area contributed by atoms with Gasteiger partial charge in [0.1, 0.15) is 6.29 Å². The Balaban J connectivity index is 4.52. The lowest BCUT2D eigenvalue weighted by Gasteiger charge is -2.05. The molecule has 0 radical (unpaired) electrons. The number of aliphatic carboxylic acids is 1. The highest BCUT2D eigenvalue weighted by Crippen LogP contribution is 2.24. The van der Waals surface area contributed by atoms with Crippen molar-refractivity contribution in [2.75, 3.05) is 0 Å². The van der Waals surface area contributed by atoms with Gasteiger partial charge in [0.25, 0.3) is 0 Å². The van der Waals surface area contributed by atoms with Crippen molar-refractivity contribution in [1.29, 1.82) is 0 Å². The van der Waals surface area contributed by atoms with Gasteiger partial charge in [-0.3, -0.25) is 4.79 Å². The highest BCUT2D eigenvalue weighted by atomic mass is 35.5. The molecule has 0 rings (SSSR count). The maximum absolute atomic E-state index is 10.4. The van der Waals surface area contributed by atoms with Crippen LogP contribution in [0.25, 0.3) is 0 Å². The molecule has 3 nitrogen and oxygen atoms in total. The molecule has 0 saturated carbocycles. The lowest BCUT2D eigenvalue weighted by atomic mass is 10.1. The second-order valence-electron chi connectivity index (χ2n) is 2.18. The topological polar surface area (TPSA) is 54.4 Å². The third-order valence-electron chi connectivity index (χ3n) is 1.27. The van der Waals surface area contributed by atoms with Gasteiger partial charge in [-0.2, -0.15) is 0 Å². The Hall–Kier alpha value is -0.540. The number of carbonyl (C=O) groups excluding carboxylic acids is 1. The van der Waals surface area contributed by atoms with Gasteiger partial charge in [0.2, 0.25) is 0 Å². The van der Waals surface area contributed by atoms with Gasteiger partial charge in [0.05, 0.1) is 5.92 Å². The molecular weight excluding hydrogens is 203 g/mol. The summed E-state index contributed by atoms with van der Waals surface area (Å²) < 4.78 is 0. The molecule has 0 spiro atoms. The van der Waals surface area contributed by atoms with Gasteiger partial charge < -0.3 is 9.90 Å². The SMILES string of the molecule is CC(C(=O)O)C(Cl)=C(Cl)CC=O. The van der Waals surface area contributed by atoms with Crippen LogP contribution in [-0.4, -0.2) is 17.4 Å². The van der Waals surface area contributed by atoms with Crippen LogP contribution in [0.2, 0.25) is 0 Å². The molecule has 68 valence electrons. The third kappa shape index (κ3) is 3.24. The molecule has 0 aromatic rings. The molecule has 0 fully saturated rings. The number of carbonyl (C=O) groups is 2. The van der Waals surface area contributed by atoms with Crippen LogP contribution in [0.5, 0.6) is 0 Å². The molecule has 0 saturated heterocycles. The number of rotatable bonds is 4. The van der Waals surface area contributed by atoms with Crippen LogP contribution in [0.15, 0.2) is 10.1 Å². The number of carboxylic acids is 1. The van der Waals surface area contributed by atoms with Crippen molar-refractivity contribution >= 4 is 35.5 Å². The van der Waals surface area contributed by atoms with Gasteiger partial charge in [-0.15, -0.1) is 0 Å². The van der Waals surface area contributed by atoms with Gasteiger partial charge in [0.15, 0.2) is 0 Å². The number of hydrogen-bond donors (Lipinski definition) is 1. The number of carboxylic acid groups (broad SMARTS) is 1. The molecule has 0 bridgehead atoms. The molecule has 0 heterocycles. The van der Waals surface area contributed by atoms with E-state index in [-0.39, 0.29) is 16.5 Å². The molecule has 0 aliphatic carbocycles. The van der Waals surface area contributed by atoms with Crippen LogP contribution in [0.3, 0.4) is 0 Å². The fourth-order valence-corrected chi connectivity index (χ4v) is 0.911. The summed E-state index contributed by atoms with van der Waals surface area (Å²) in [6.07, 6.45) is 0.525. The van der Waals surface area contributed by atoms with Crippen molar-refractivity contribution in [1.82, 2.24) is 0 Å². The molecule has 0 aromatic carbocycles. The summed E-state index contributed by atoms with van der Waals surface area (Å²) in [6.45, 7) is 1.40. The van der Waals surface area contributed by atoms with Gasteiger partial charge in [-0.1, -0.05) is 23.2 Å². The molecule has 12 heavy (non-hydrogen) atoms. The first-order valence-electron chi connectivity index (χ1n) is 3.21. The monoisotopic (exact) mass is 210 g/mol. The van der Waals surface area contributed by atoms with E-state index in [0.717, 1.165) is 0 Å². The molecule has 1 unspecified atom stereocenters. The standard InChI is InChI=1S/C7H8Cl2O3/c1-4(7(11)12)6(9)5(8)2-3-10/h3-4H,2H2,1H3,(H,11,12). The van der Waals surface area contributed by atoms with E-state index < -0.39 is 11.9 Å². The van der Waals surface area contributed by atoms with Crippen LogP contribution in [0, 0.1) is 5.92 Å². The van der Waals surface area contributed by atoms with Crippen molar-refractivity contribution in [3.05, 3.63) is 10.1 Å². The van der Waals surface area contributed by atoms with E-state index in [2.05, 4.69) is 0 Å². The van der Waals surface area contributed by atoms with E-state index in [4.69, 9.17) is 28.3 Å². The van der Waals surface area contributed by atoms with Crippen molar-refractivity contribution in [3.8, 4) is 0 Å². The largest absolute Gasteiger partial charge is 0.481 e. The van der Waals surface area contributed by atoms with Crippen LogP contribution in [0.4, 0.5) is 0 Å². The number of aldehydes is 1. The molecule has 0 aromatic heterocycles. The van der Waals surface area contributed by atoms with Crippen LogP contribution < -0.4 is 0 Å². The Bertz CT molecular complexity index is 223. The second kappa shape index (κ2) is 5.17. The average Bonchev–Trinajstić information content (AvgIpc) is 2.02. The predicted octanol–water partition coefficient (Wildman–Crippen LogP) is 1.99. The van der Waals surface area contributed by atoms with Crippen LogP contribution in [-0.2, 0) is 9.59 Å². The summed E-state index contributed by atoms with van der Waals surface area (Å²) in [6, 6.07) is 0. The van der Waals surface area contributed by atoms with E-state index in [9.17, 15) is 9.59 Å².